The minimum absolute atomic E-state index is 0.175. The SMILES string of the molecule is C=C/C(C)=C\c1c(N)[nH]c2c(OCCCN(CC)CCO)ccc(Cl)c12. The number of allylic oxidation sites excluding steroid dienone is 2. The van der Waals surface area contributed by atoms with Crippen molar-refractivity contribution in [1.29, 1.82) is 0 Å². The highest BCUT2D eigenvalue weighted by molar-refractivity contribution is 6.36. The van der Waals surface area contributed by atoms with Crippen LogP contribution in [0.1, 0.15) is 25.8 Å². The third-order valence-electron chi connectivity index (χ3n) is 4.37. The van der Waals surface area contributed by atoms with Crippen LogP contribution in [0.2, 0.25) is 5.02 Å². The van der Waals surface area contributed by atoms with Crippen molar-refractivity contribution in [1.82, 2.24) is 9.88 Å². The Bertz CT molecular complexity index is 783. The van der Waals surface area contributed by atoms with Gasteiger partial charge in [-0.15, -0.1) is 0 Å². The van der Waals surface area contributed by atoms with Gasteiger partial charge in [-0.1, -0.05) is 36.8 Å². The topological polar surface area (TPSA) is 74.5 Å². The number of H-pyrrole nitrogens is 1. The molecule has 0 aliphatic carbocycles. The minimum atomic E-state index is 0.175. The molecular weight excluding hydrogens is 350 g/mol. The van der Waals surface area contributed by atoms with Crippen molar-refractivity contribution in [3.63, 3.8) is 0 Å². The maximum absolute atomic E-state index is 9.04. The fourth-order valence-electron chi connectivity index (χ4n) is 2.88. The monoisotopic (exact) mass is 377 g/mol. The molecule has 5 nitrogen and oxygen atoms in total. The number of hydrogen-bond donors (Lipinski definition) is 3. The first-order valence-corrected chi connectivity index (χ1v) is 9.26. The van der Waals surface area contributed by atoms with E-state index in [-0.39, 0.29) is 6.61 Å². The number of nitrogens with two attached hydrogens (primary N) is 1. The van der Waals surface area contributed by atoms with Crippen LogP contribution in [0.25, 0.3) is 17.0 Å². The molecule has 26 heavy (non-hydrogen) atoms. The number of nitrogen functional groups attached to an aromatic ring is 1. The van der Waals surface area contributed by atoms with Gasteiger partial charge in [-0.2, -0.15) is 0 Å². The lowest BCUT2D eigenvalue weighted by Gasteiger charge is -2.18. The number of fused-ring (bicyclic) bond motifs is 1. The lowest BCUT2D eigenvalue weighted by Crippen LogP contribution is -2.28. The van der Waals surface area contributed by atoms with Gasteiger partial charge in [-0.05, 0) is 38.1 Å². The molecule has 0 amide bonds. The highest BCUT2D eigenvalue weighted by Gasteiger charge is 2.15. The quantitative estimate of drug-likeness (QED) is 0.431. The lowest BCUT2D eigenvalue weighted by molar-refractivity contribution is 0.189. The first-order chi connectivity index (χ1) is 12.5. The maximum atomic E-state index is 9.04. The smallest absolute Gasteiger partial charge is 0.143 e. The number of nitrogens with zero attached hydrogens (tertiary/aromatic N) is 1. The van der Waals surface area contributed by atoms with E-state index in [4.69, 9.17) is 27.2 Å². The number of nitrogens with one attached hydrogen (secondary N) is 1. The van der Waals surface area contributed by atoms with E-state index < -0.39 is 0 Å². The number of likely N-dealkylation sites (N-methyl/N-ethyl adjacent to an activating group) is 1. The van der Waals surface area contributed by atoms with Gasteiger partial charge in [0.15, 0.2) is 0 Å². The molecule has 0 unspecified atom stereocenters. The summed E-state index contributed by atoms with van der Waals surface area (Å²) in [5, 5.41) is 10.5. The molecule has 0 spiro atoms. The molecule has 0 radical (unpaired) electrons. The van der Waals surface area contributed by atoms with Crippen LogP contribution < -0.4 is 10.5 Å². The van der Waals surface area contributed by atoms with Gasteiger partial charge in [0.2, 0.25) is 0 Å². The van der Waals surface area contributed by atoms with Gasteiger partial charge < -0.3 is 25.5 Å². The normalized spacial score (nSPS) is 12.1. The second-order valence-corrected chi connectivity index (χ2v) is 6.61. The summed E-state index contributed by atoms with van der Waals surface area (Å²) >= 11 is 6.41. The Labute approximate surface area is 160 Å². The summed E-state index contributed by atoms with van der Waals surface area (Å²) in [6.07, 6.45) is 4.61. The zero-order valence-corrected chi connectivity index (χ0v) is 16.3. The molecule has 1 aromatic carbocycles. The van der Waals surface area contributed by atoms with Gasteiger partial charge in [-0.25, -0.2) is 0 Å². The van der Waals surface area contributed by atoms with Crippen molar-refractivity contribution >= 4 is 34.4 Å². The summed E-state index contributed by atoms with van der Waals surface area (Å²) < 4.78 is 5.97. The zero-order valence-electron chi connectivity index (χ0n) is 15.5. The number of aliphatic hydroxyl groups is 1. The number of aromatic nitrogens is 1. The number of halogens is 1. The van der Waals surface area contributed by atoms with Gasteiger partial charge in [0, 0.05) is 24.0 Å². The van der Waals surface area contributed by atoms with Crippen LogP contribution in [-0.2, 0) is 0 Å². The van der Waals surface area contributed by atoms with E-state index in [1.165, 1.54) is 0 Å². The van der Waals surface area contributed by atoms with Crippen LogP contribution in [0.4, 0.5) is 5.82 Å². The molecule has 0 aliphatic heterocycles. The molecule has 0 fully saturated rings. The Morgan fingerprint density at radius 1 is 1.42 bits per heavy atom. The third-order valence-corrected chi connectivity index (χ3v) is 4.68. The van der Waals surface area contributed by atoms with Crippen molar-refractivity contribution in [2.24, 2.45) is 0 Å². The van der Waals surface area contributed by atoms with Crippen molar-refractivity contribution in [2.45, 2.75) is 20.3 Å². The van der Waals surface area contributed by atoms with Gasteiger partial charge in [0.05, 0.1) is 23.8 Å². The fraction of sp³-hybridized carbons (Fsp3) is 0.400. The maximum Gasteiger partial charge on any atom is 0.143 e. The average molecular weight is 378 g/mol. The van der Waals surface area contributed by atoms with E-state index in [1.807, 2.05) is 25.1 Å². The highest BCUT2D eigenvalue weighted by atomic mass is 35.5. The Balaban J connectivity index is 2.18. The molecule has 1 aromatic heterocycles. The molecule has 0 aliphatic rings. The molecule has 0 saturated carbocycles. The minimum Gasteiger partial charge on any atom is -0.491 e. The molecular formula is C20H28ClN3O2. The Morgan fingerprint density at radius 3 is 2.85 bits per heavy atom. The van der Waals surface area contributed by atoms with Crippen LogP contribution in [0.5, 0.6) is 5.75 Å². The van der Waals surface area contributed by atoms with Gasteiger partial charge in [0.1, 0.15) is 11.6 Å². The van der Waals surface area contributed by atoms with Gasteiger partial charge in [0.25, 0.3) is 0 Å². The molecule has 1 heterocycles. The van der Waals surface area contributed by atoms with Crippen LogP contribution >= 0.6 is 11.6 Å². The highest BCUT2D eigenvalue weighted by Crippen LogP contribution is 2.37. The Kier molecular flexibility index (Phi) is 7.57. The van der Waals surface area contributed by atoms with Crippen LogP contribution in [-0.4, -0.2) is 47.8 Å². The molecule has 6 heteroatoms. The number of anilines is 1. The number of aliphatic hydroxyl groups excluding tert-OH is 1. The van der Waals surface area contributed by atoms with Crippen molar-refractivity contribution in [3.8, 4) is 5.75 Å². The van der Waals surface area contributed by atoms with E-state index in [9.17, 15) is 0 Å². The molecule has 142 valence electrons. The molecule has 4 N–H and O–H groups in total. The number of benzene rings is 1. The molecule has 0 saturated heterocycles. The molecule has 0 atom stereocenters. The molecule has 0 bridgehead atoms. The van der Waals surface area contributed by atoms with E-state index in [1.54, 1.807) is 6.08 Å². The summed E-state index contributed by atoms with van der Waals surface area (Å²) in [5.41, 5.74) is 8.83. The standard InChI is InChI=1S/C20H28ClN3O2/c1-4-14(3)13-15-18-16(21)7-8-17(19(18)23-20(15)22)26-12-6-9-24(5-2)10-11-25/h4,7-8,13,23,25H,1,5-6,9-12,22H2,2-3H3/b14-13-. The van der Waals surface area contributed by atoms with Crippen LogP contribution in [0.15, 0.2) is 30.4 Å². The van der Waals surface area contributed by atoms with Gasteiger partial charge in [-0.3, -0.25) is 0 Å². The van der Waals surface area contributed by atoms with Crippen molar-refractivity contribution < 1.29 is 9.84 Å². The van der Waals surface area contributed by atoms with E-state index in [0.717, 1.165) is 47.3 Å². The summed E-state index contributed by atoms with van der Waals surface area (Å²) in [6.45, 7) is 11.1. The van der Waals surface area contributed by atoms with Gasteiger partial charge >= 0.3 is 0 Å². The van der Waals surface area contributed by atoms with Crippen molar-refractivity contribution in [2.75, 3.05) is 38.6 Å². The first kappa shape index (κ1) is 20.4. The summed E-state index contributed by atoms with van der Waals surface area (Å²) in [5.74, 6) is 1.29. The molecule has 2 rings (SSSR count). The van der Waals surface area contributed by atoms with Crippen molar-refractivity contribution in [3.05, 3.63) is 40.9 Å². The number of aromatic amines is 1. The predicted molar refractivity (Wildman–Crippen MR) is 111 cm³/mol. The predicted octanol–water partition coefficient (Wildman–Crippen LogP) is 4.08. The Morgan fingerprint density at radius 2 is 2.19 bits per heavy atom. The second kappa shape index (κ2) is 9.67. The largest absolute Gasteiger partial charge is 0.491 e. The third kappa shape index (κ3) is 4.81. The van der Waals surface area contributed by atoms with E-state index in [2.05, 4.69) is 23.4 Å². The average Bonchev–Trinajstić information content (AvgIpc) is 2.96. The lowest BCUT2D eigenvalue weighted by atomic mass is 10.1. The summed E-state index contributed by atoms with van der Waals surface area (Å²) in [7, 11) is 0. The second-order valence-electron chi connectivity index (χ2n) is 6.20. The number of hydrogen-bond acceptors (Lipinski definition) is 4. The van der Waals surface area contributed by atoms with Crippen LogP contribution in [0, 0.1) is 0 Å². The molecule has 2 aromatic rings. The zero-order chi connectivity index (χ0) is 19.1. The van der Waals surface area contributed by atoms with E-state index >= 15 is 0 Å². The number of ether oxygens (including phenoxy) is 1. The fourth-order valence-corrected chi connectivity index (χ4v) is 3.14. The van der Waals surface area contributed by atoms with E-state index in [0.29, 0.717) is 24.0 Å². The van der Waals surface area contributed by atoms with Crippen LogP contribution in [0.3, 0.4) is 0 Å². The first-order valence-electron chi connectivity index (χ1n) is 8.88. The summed E-state index contributed by atoms with van der Waals surface area (Å²) in [6, 6.07) is 3.69. The number of rotatable bonds is 10. The Hall–Kier alpha value is -1.95. The summed E-state index contributed by atoms with van der Waals surface area (Å²) in [4.78, 5) is 5.38.